The third-order valence-electron chi connectivity index (χ3n) is 3.83. The summed E-state index contributed by atoms with van der Waals surface area (Å²) in [5.74, 6) is -1.82. The molecular weight excluding hydrogens is 252 g/mol. The number of carbonyl (C=O) groups excluding carboxylic acids is 1. The van der Waals surface area contributed by atoms with E-state index in [-0.39, 0.29) is 11.3 Å². The molecule has 0 radical (unpaired) electrons. The Kier molecular flexibility index (Phi) is 3.33. The molecule has 2 heterocycles. The zero-order valence-electron chi connectivity index (χ0n) is 10.4. The van der Waals surface area contributed by atoms with Gasteiger partial charge in [-0.1, -0.05) is 0 Å². The summed E-state index contributed by atoms with van der Waals surface area (Å²) in [7, 11) is 0. The zero-order chi connectivity index (χ0) is 13.4. The Morgan fingerprint density at radius 2 is 2.00 bits per heavy atom. The molecule has 19 heavy (non-hydrogen) atoms. The normalized spacial score (nSPS) is 27.3. The van der Waals surface area contributed by atoms with Crippen LogP contribution in [0, 0.1) is 11.6 Å². The molecule has 2 unspecified atom stereocenters. The second-order valence-corrected chi connectivity index (χ2v) is 5.14. The van der Waals surface area contributed by atoms with Gasteiger partial charge in [-0.3, -0.25) is 9.69 Å². The molecule has 0 saturated carbocycles. The largest absolute Gasteiger partial charge is 0.367 e. The van der Waals surface area contributed by atoms with Crippen molar-refractivity contribution in [1.82, 2.24) is 4.90 Å². The van der Waals surface area contributed by atoms with Crippen molar-refractivity contribution in [3.63, 3.8) is 0 Å². The van der Waals surface area contributed by atoms with Gasteiger partial charge in [-0.05, 0) is 31.5 Å². The third-order valence-corrected chi connectivity index (χ3v) is 3.83. The summed E-state index contributed by atoms with van der Waals surface area (Å²) in [5, 5.41) is 0. The molecule has 2 fully saturated rings. The van der Waals surface area contributed by atoms with Crippen molar-refractivity contribution in [3.05, 3.63) is 35.4 Å². The molecule has 2 aliphatic heterocycles. The van der Waals surface area contributed by atoms with Crippen molar-refractivity contribution < 1.29 is 18.3 Å². The van der Waals surface area contributed by atoms with Gasteiger partial charge in [-0.2, -0.15) is 0 Å². The van der Waals surface area contributed by atoms with E-state index < -0.39 is 17.7 Å². The summed E-state index contributed by atoms with van der Waals surface area (Å²) in [4.78, 5) is 14.4. The van der Waals surface area contributed by atoms with Gasteiger partial charge >= 0.3 is 0 Å². The average Bonchev–Trinajstić information content (AvgIpc) is 2.83. The van der Waals surface area contributed by atoms with Crippen molar-refractivity contribution in [2.45, 2.75) is 25.0 Å². The van der Waals surface area contributed by atoms with Crippen molar-refractivity contribution in [3.8, 4) is 0 Å². The minimum absolute atomic E-state index is 0.0418. The molecule has 1 aromatic carbocycles. The van der Waals surface area contributed by atoms with E-state index in [2.05, 4.69) is 4.90 Å². The molecule has 102 valence electrons. The molecule has 3 nitrogen and oxygen atoms in total. The average molecular weight is 267 g/mol. The SMILES string of the molecule is O=C(c1cc(F)cc(F)c1)C1CN2CCCC2CO1. The second-order valence-electron chi connectivity index (χ2n) is 5.14. The van der Waals surface area contributed by atoms with E-state index in [1.165, 1.54) is 0 Å². The first kappa shape index (κ1) is 12.7. The number of carbonyl (C=O) groups is 1. The maximum absolute atomic E-state index is 13.1. The van der Waals surface area contributed by atoms with E-state index >= 15 is 0 Å². The van der Waals surface area contributed by atoms with Crippen LogP contribution < -0.4 is 0 Å². The van der Waals surface area contributed by atoms with Gasteiger partial charge in [0.25, 0.3) is 0 Å². The molecule has 2 saturated heterocycles. The number of hydrogen-bond donors (Lipinski definition) is 0. The number of ether oxygens (including phenoxy) is 1. The van der Waals surface area contributed by atoms with E-state index in [9.17, 15) is 13.6 Å². The van der Waals surface area contributed by atoms with Crippen LogP contribution in [0.1, 0.15) is 23.2 Å². The van der Waals surface area contributed by atoms with Gasteiger partial charge in [-0.15, -0.1) is 0 Å². The van der Waals surface area contributed by atoms with E-state index in [1.54, 1.807) is 0 Å². The number of morpholine rings is 1. The molecule has 2 aliphatic rings. The minimum atomic E-state index is -0.738. The molecule has 1 aromatic rings. The number of halogens is 2. The van der Waals surface area contributed by atoms with Gasteiger partial charge < -0.3 is 4.74 Å². The first-order valence-corrected chi connectivity index (χ1v) is 6.49. The van der Waals surface area contributed by atoms with Crippen molar-refractivity contribution in [2.24, 2.45) is 0 Å². The van der Waals surface area contributed by atoms with Gasteiger partial charge in [0.05, 0.1) is 6.61 Å². The number of fused-ring (bicyclic) bond motifs is 1. The number of hydrogen-bond acceptors (Lipinski definition) is 3. The highest BCUT2D eigenvalue weighted by molar-refractivity contribution is 5.99. The fraction of sp³-hybridized carbons (Fsp3) is 0.500. The summed E-state index contributed by atoms with van der Waals surface area (Å²) in [6.45, 7) is 2.01. The lowest BCUT2D eigenvalue weighted by Crippen LogP contribution is -2.49. The Bertz CT molecular complexity index is 486. The summed E-state index contributed by atoms with van der Waals surface area (Å²) in [6, 6.07) is 3.28. The Hall–Kier alpha value is -1.33. The molecule has 3 rings (SSSR count). The minimum Gasteiger partial charge on any atom is -0.367 e. The fourth-order valence-electron chi connectivity index (χ4n) is 2.86. The first-order chi connectivity index (χ1) is 9.13. The number of benzene rings is 1. The molecule has 5 heteroatoms. The summed E-state index contributed by atoms with van der Waals surface area (Å²) in [5.41, 5.74) is 0.0418. The molecular formula is C14H15F2NO2. The predicted molar refractivity (Wildman–Crippen MR) is 65.0 cm³/mol. The fourth-order valence-corrected chi connectivity index (χ4v) is 2.86. The number of Topliss-reactive ketones (excluding diaryl/α,β-unsaturated/α-hetero) is 1. The Balaban J connectivity index is 1.76. The van der Waals surface area contributed by atoms with Crippen LogP contribution in [0.3, 0.4) is 0 Å². The molecule has 0 aromatic heterocycles. The maximum Gasteiger partial charge on any atom is 0.193 e. The maximum atomic E-state index is 13.1. The topological polar surface area (TPSA) is 29.5 Å². The Labute approximate surface area is 110 Å². The van der Waals surface area contributed by atoms with Crippen LogP contribution >= 0.6 is 0 Å². The standard InChI is InChI=1S/C14H15F2NO2/c15-10-4-9(5-11(16)6-10)14(18)13-7-17-3-1-2-12(17)8-19-13/h4-6,12-13H,1-3,7-8H2. The molecule has 0 N–H and O–H groups in total. The predicted octanol–water partition coefficient (Wildman–Crippen LogP) is 2.01. The Morgan fingerprint density at radius 3 is 2.74 bits per heavy atom. The van der Waals surface area contributed by atoms with E-state index in [4.69, 9.17) is 4.74 Å². The van der Waals surface area contributed by atoms with Crippen molar-refractivity contribution >= 4 is 5.78 Å². The van der Waals surface area contributed by atoms with Crippen LogP contribution in [0.5, 0.6) is 0 Å². The lowest BCUT2D eigenvalue weighted by atomic mass is 10.0. The molecule has 0 bridgehead atoms. The van der Waals surface area contributed by atoms with Crippen LogP contribution in [-0.2, 0) is 4.74 Å². The quantitative estimate of drug-likeness (QED) is 0.768. The molecule has 2 atom stereocenters. The number of rotatable bonds is 2. The summed E-state index contributed by atoms with van der Waals surface area (Å²) in [6.07, 6.45) is 1.59. The smallest absolute Gasteiger partial charge is 0.193 e. The highest BCUT2D eigenvalue weighted by Crippen LogP contribution is 2.24. The molecule has 0 spiro atoms. The summed E-state index contributed by atoms with van der Waals surface area (Å²) < 4.78 is 31.8. The lowest BCUT2D eigenvalue weighted by molar-refractivity contribution is -0.0344. The first-order valence-electron chi connectivity index (χ1n) is 6.49. The summed E-state index contributed by atoms with van der Waals surface area (Å²) >= 11 is 0. The van der Waals surface area contributed by atoms with E-state index in [1.807, 2.05) is 0 Å². The van der Waals surface area contributed by atoms with Crippen LogP contribution in [0.4, 0.5) is 8.78 Å². The second kappa shape index (κ2) is 4.98. The Morgan fingerprint density at radius 1 is 1.26 bits per heavy atom. The number of nitrogens with zero attached hydrogens (tertiary/aromatic N) is 1. The monoisotopic (exact) mass is 267 g/mol. The van der Waals surface area contributed by atoms with Gasteiger partial charge in [-0.25, -0.2) is 8.78 Å². The van der Waals surface area contributed by atoms with Crippen LogP contribution in [-0.4, -0.2) is 42.5 Å². The van der Waals surface area contributed by atoms with Crippen LogP contribution in [0.15, 0.2) is 18.2 Å². The van der Waals surface area contributed by atoms with Crippen molar-refractivity contribution in [1.29, 1.82) is 0 Å². The molecule has 0 amide bonds. The van der Waals surface area contributed by atoms with Gasteiger partial charge in [0.15, 0.2) is 5.78 Å². The number of ketones is 1. The zero-order valence-corrected chi connectivity index (χ0v) is 10.4. The van der Waals surface area contributed by atoms with Gasteiger partial charge in [0.1, 0.15) is 17.7 Å². The third kappa shape index (κ3) is 2.53. The van der Waals surface area contributed by atoms with E-state index in [0.717, 1.165) is 37.6 Å². The van der Waals surface area contributed by atoms with Gasteiger partial charge in [0, 0.05) is 24.2 Å². The van der Waals surface area contributed by atoms with E-state index in [0.29, 0.717) is 19.2 Å². The van der Waals surface area contributed by atoms with Gasteiger partial charge in [0.2, 0.25) is 0 Å². The highest BCUT2D eigenvalue weighted by atomic mass is 19.1. The van der Waals surface area contributed by atoms with Crippen LogP contribution in [0.2, 0.25) is 0 Å². The van der Waals surface area contributed by atoms with Crippen LogP contribution in [0.25, 0.3) is 0 Å². The molecule has 0 aliphatic carbocycles. The lowest BCUT2D eigenvalue weighted by Gasteiger charge is -2.34. The van der Waals surface area contributed by atoms with Crippen molar-refractivity contribution in [2.75, 3.05) is 19.7 Å². The highest BCUT2D eigenvalue weighted by Gasteiger charge is 2.35.